The van der Waals surface area contributed by atoms with Crippen LogP contribution >= 0.6 is 0 Å². The lowest BCUT2D eigenvalue weighted by molar-refractivity contribution is -0.183. The molecule has 0 saturated carbocycles. The van der Waals surface area contributed by atoms with Gasteiger partial charge in [-0.3, -0.25) is 9.59 Å². The number of carbonyl (C=O) groups is 4. The van der Waals surface area contributed by atoms with E-state index >= 15 is 0 Å². The minimum atomic E-state index is -1.66. The zero-order valence-corrected chi connectivity index (χ0v) is 25.6. The van der Waals surface area contributed by atoms with Crippen molar-refractivity contribution < 1.29 is 52.7 Å². The molecule has 1 aromatic rings. The number of likely N-dealkylation sites (N-methyl/N-ethyl adjacent to an activating group) is 1. The van der Waals surface area contributed by atoms with Crippen LogP contribution in [0.25, 0.3) is 0 Å². The fourth-order valence-corrected chi connectivity index (χ4v) is 6.97. The van der Waals surface area contributed by atoms with Crippen LogP contribution < -0.4 is 9.47 Å². The average Bonchev–Trinajstić information content (AvgIpc) is 3.26. The van der Waals surface area contributed by atoms with Gasteiger partial charge in [0, 0.05) is 24.9 Å². The number of methoxy groups -OCH3 is 1. The summed E-state index contributed by atoms with van der Waals surface area (Å²) in [5, 5.41) is 12.3. The van der Waals surface area contributed by atoms with Crippen LogP contribution in [0.4, 0.5) is 0 Å². The lowest BCUT2D eigenvalue weighted by Crippen LogP contribution is -2.74. The molecule has 1 aromatic carbocycles. The summed E-state index contributed by atoms with van der Waals surface area (Å²) in [7, 11) is 3.54. The number of aliphatic hydroxyl groups is 1. The smallest absolute Gasteiger partial charge is 0.348 e. The van der Waals surface area contributed by atoms with E-state index in [1.54, 1.807) is 34.0 Å². The monoisotopic (exact) mass is 601 g/mol. The fraction of sp³-hybridized carbons (Fsp3) is 0.613. The molecule has 234 valence electrons. The first kappa shape index (κ1) is 30.8. The number of carbonyl (C=O) groups excluding carboxylic acids is 4. The number of hydrogen-bond donors (Lipinski definition) is 1. The highest BCUT2D eigenvalue weighted by Crippen LogP contribution is 2.65. The Hall–Kier alpha value is -3.64. The van der Waals surface area contributed by atoms with E-state index in [0.717, 1.165) is 18.1 Å². The molecule has 43 heavy (non-hydrogen) atoms. The van der Waals surface area contributed by atoms with Gasteiger partial charge in [0.2, 0.25) is 6.10 Å². The Labute approximate surface area is 250 Å². The second-order valence-electron chi connectivity index (χ2n) is 12.7. The van der Waals surface area contributed by atoms with E-state index < -0.39 is 65.2 Å². The second kappa shape index (κ2) is 10.8. The summed E-state index contributed by atoms with van der Waals surface area (Å²) in [5.74, 6) is -2.36. The standard InChI is InChI=1S/C31H39NO11/c1-16(27(35)43-29(3,4)5)39-28(36)21(40-17(2)33)15-23(34)41-20-10-11-31(37)22-14-18-8-9-19(38-7)25-24(18)30(31,26(20)42-25)12-13-32(22)6/h8-10,16,21-22,26,37H,11-15H2,1-7H3/t16-,21-,22+,26-,30-,31+/m0/s1. The molecule has 2 heterocycles. The number of likely N-dealkylation sites (tertiary alicyclic amines) is 1. The van der Waals surface area contributed by atoms with E-state index in [1.807, 2.05) is 19.2 Å². The highest BCUT2D eigenvalue weighted by molar-refractivity contribution is 5.86. The Bertz CT molecular complexity index is 1380. The number of rotatable bonds is 8. The summed E-state index contributed by atoms with van der Waals surface area (Å²) in [4.78, 5) is 52.4. The second-order valence-corrected chi connectivity index (χ2v) is 12.7. The quantitative estimate of drug-likeness (QED) is 0.344. The molecule has 1 spiro atoms. The van der Waals surface area contributed by atoms with Crippen LogP contribution in [-0.2, 0) is 50.0 Å². The number of benzene rings is 1. The maximum absolute atomic E-state index is 13.3. The summed E-state index contributed by atoms with van der Waals surface area (Å²) >= 11 is 0. The van der Waals surface area contributed by atoms with Crippen molar-refractivity contribution in [3.8, 4) is 11.5 Å². The summed E-state index contributed by atoms with van der Waals surface area (Å²) < 4.78 is 33.3. The van der Waals surface area contributed by atoms with Crippen LogP contribution in [0.15, 0.2) is 24.0 Å². The Morgan fingerprint density at radius 1 is 1.16 bits per heavy atom. The van der Waals surface area contributed by atoms with E-state index in [2.05, 4.69) is 4.90 Å². The Morgan fingerprint density at radius 2 is 1.88 bits per heavy atom. The Balaban J connectivity index is 1.38. The fourth-order valence-electron chi connectivity index (χ4n) is 6.97. The lowest BCUT2D eigenvalue weighted by Gasteiger charge is -2.61. The minimum Gasteiger partial charge on any atom is -0.493 e. The maximum Gasteiger partial charge on any atom is 0.348 e. The summed E-state index contributed by atoms with van der Waals surface area (Å²) in [5.41, 5.74) is -0.961. The van der Waals surface area contributed by atoms with Crippen molar-refractivity contribution in [3.63, 3.8) is 0 Å². The first-order valence-corrected chi connectivity index (χ1v) is 14.4. The van der Waals surface area contributed by atoms with Gasteiger partial charge in [0.1, 0.15) is 11.4 Å². The predicted octanol–water partition coefficient (Wildman–Crippen LogP) is 2.11. The van der Waals surface area contributed by atoms with Crippen molar-refractivity contribution in [2.24, 2.45) is 0 Å². The highest BCUT2D eigenvalue weighted by atomic mass is 16.6. The van der Waals surface area contributed by atoms with Gasteiger partial charge < -0.3 is 38.4 Å². The lowest BCUT2D eigenvalue weighted by atomic mass is 9.50. The van der Waals surface area contributed by atoms with Crippen molar-refractivity contribution in [3.05, 3.63) is 35.1 Å². The van der Waals surface area contributed by atoms with Gasteiger partial charge in [0.05, 0.1) is 24.5 Å². The SMILES string of the molecule is COc1ccc2c3c1O[C@H]1C(OC(=O)C[C@H](OC(C)=O)C(=O)O[C@@H](C)C(=O)OC(C)(C)C)=CC[C@@]4(O)[C@@H](C2)N(C)CC[C@]314. The highest BCUT2D eigenvalue weighted by Gasteiger charge is 2.72. The Kier molecular flexibility index (Phi) is 7.75. The zero-order chi connectivity index (χ0) is 31.5. The van der Waals surface area contributed by atoms with Crippen molar-refractivity contribution in [1.29, 1.82) is 0 Å². The zero-order valence-electron chi connectivity index (χ0n) is 25.6. The molecule has 6 atom stereocenters. The molecule has 1 N–H and O–H groups in total. The number of esters is 4. The summed E-state index contributed by atoms with van der Waals surface area (Å²) in [6, 6.07) is 3.66. The normalized spacial score (nSPS) is 28.3. The van der Waals surface area contributed by atoms with Gasteiger partial charge in [-0.1, -0.05) is 6.07 Å². The first-order chi connectivity index (χ1) is 20.1. The van der Waals surface area contributed by atoms with Crippen LogP contribution in [0.5, 0.6) is 11.5 Å². The molecule has 5 rings (SSSR count). The van der Waals surface area contributed by atoms with Crippen molar-refractivity contribution >= 4 is 23.9 Å². The molecule has 0 amide bonds. The number of ether oxygens (including phenoxy) is 6. The molecular formula is C31H39NO11. The molecule has 0 unspecified atom stereocenters. The molecule has 12 nitrogen and oxygen atoms in total. The molecule has 4 aliphatic rings. The van der Waals surface area contributed by atoms with Crippen molar-refractivity contribution in [2.75, 3.05) is 20.7 Å². The van der Waals surface area contributed by atoms with Gasteiger partial charge >= 0.3 is 23.9 Å². The number of hydrogen-bond acceptors (Lipinski definition) is 12. The van der Waals surface area contributed by atoms with Crippen LogP contribution in [-0.4, -0.2) is 90.1 Å². The minimum absolute atomic E-state index is 0.178. The molecule has 2 bridgehead atoms. The molecule has 0 aromatic heterocycles. The molecular weight excluding hydrogens is 562 g/mol. The molecule has 1 saturated heterocycles. The molecule has 12 heteroatoms. The largest absolute Gasteiger partial charge is 0.493 e. The van der Waals surface area contributed by atoms with Gasteiger partial charge in [0.15, 0.2) is 23.7 Å². The van der Waals surface area contributed by atoms with Gasteiger partial charge in [-0.05, 0) is 71.8 Å². The summed E-state index contributed by atoms with van der Waals surface area (Å²) in [6.45, 7) is 8.10. The maximum atomic E-state index is 13.3. The van der Waals surface area contributed by atoms with Crippen molar-refractivity contribution in [2.45, 2.75) is 101 Å². The first-order valence-electron chi connectivity index (χ1n) is 14.4. The van der Waals surface area contributed by atoms with Crippen LogP contribution in [0.3, 0.4) is 0 Å². The Morgan fingerprint density at radius 3 is 2.53 bits per heavy atom. The molecule has 0 radical (unpaired) electrons. The van der Waals surface area contributed by atoms with Crippen LogP contribution in [0, 0.1) is 0 Å². The van der Waals surface area contributed by atoms with E-state index in [-0.39, 0.29) is 18.2 Å². The van der Waals surface area contributed by atoms with Crippen LogP contribution in [0.2, 0.25) is 0 Å². The van der Waals surface area contributed by atoms with Crippen LogP contribution in [0.1, 0.15) is 65.0 Å². The number of piperidine rings is 1. The summed E-state index contributed by atoms with van der Waals surface area (Å²) in [6.07, 6.45) is -1.43. The van der Waals surface area contributed by atoms with Gasteiger partial charge in [-0.15, -0.1) is 0 Å². The predicted molar refractivity (Wildman–Crippen MR) is 149 cm³/mol. The molecule has 2 aliphatic carbocycles. The van der Waals surface area contributed by atoms with Gasteiger partial charge in [0.25, 0.3) is 0 Å². The third-order valence-corrected chi connectivity index (χ3v) is 8.74. The third-order valence-electron chi connectivity index (χ3n) is 8.74. The van der Waals surface area contributed by atoms with E-state index in [4.69, 9.17) is 28.4 Å². The van der Waals surface area contributed by atoms with E-state index in [9.17, 15) is 24.3 Å². The van der Waals surface area contributed by atoms with Gasteiger partial charge in [-0.25, -0.2) is 9.59 Å². The number of nitrogens with zero attached hydrogens (tertiary/aromatic N) is 1. The van der Waals surface area contributed by atoms with E-state index in [0.29, 0.717) is 30.9 Å². The van der Waals surface area contributed by atoms with Gasteiger partial charge in [-0.2, -0.15) is 0 Å². The molecule has 2 aliphatic heterocycles. The van der Waals surface area contributed by atoms with Crippen molar-refractivity contribution in [1.82, 2.24) is 4.90 Å². The van der Waals surface area contributed by atoms with E-state index in [1.165, 1.54) is 6.92 Å². The average molecular weight is 602 g/mol. The topological polar surface area (TPSA) is 147 Å². The molecule has 1 fully saturated rings. The third kappa shape index (κ3) is 5.14.